The molecule has 6 heteroatoms. The number of para-hydroxylation sites is 1. The van der Waals surface area contributed by atoms with Crippen molar-refractivity contribution in [2.45, 2.75) is 12.5 Å². The van der Waals surface area contributed by atoms with Crippen molar-refractivity contribution >= 4 is 11.6 Å². The fourth-order valence-corrected chi connectivity index (χ4v) is 3.48. The molecule has 3 aromatic carbocycles. The van der Waals surface area contributed by atoms with E-state index < -0.39 is 5.92 Å². The second kappa shape index (κ2) is 7.78. The van der Waals surface area contributed by atoms with Gasteiger partial charge < -0.3 is 20.3 Å². The van der Waals surface area contributed by atoms with Crippen molar-refractivity contribution in [2.75, 3.05) is 0 Å². The van der Waals surface area contributed by atoms with Gasteiger partial charge in [-0.05, 0) is 29.8 Å². The van der Waals surface area contributed by atoms with Gasteiger partial charge in [0.1, 0.15) is 35.5 Å². The molecule has 0 aromatic heterocycles. The summed E-state index contributed by atoms with van der Waals surface area (Å²) in [6, 6.07) is 21.9. The van der Waals surface area contributed by atoms with Crippen LogP contribution in [0.2, 0.25) is 5.02 Å². The van der Waals surface area contributed by atoms with Gasteiger partial charge in [0.15, 0.2) is 0 Å². The average Bonchev–Trinajstić information content (AvgIpc) is 2.72. The fourth-order valence-electron chi connectivity index (χ4n) is 3.36. The van der Waals surface area contributed by atoms with Gasteiger partial charge in [0.25, 0.3) is 0 Å². The number of fused-ring (bicyclic) bond motifs is 1. The van der Waals surface area contributed by atoms with E-state index in [1.54, 1.807) is 12.1 Å². The summed E-state index contributed by atoms with van der Waals surface area (Å²) in [5.74, 6) is 0.657. The van der Waals surface area contributed by atoms with Crippen molar-refractivity contribution in [3.8, 4) is 23.3 Å². The third-order valence-electron chi connectivity index (χ3n) is 4.74. The predicted molar refractivity (Wildman–Crippen MR) is 110 cm³/mol. The number of hydrogen-bond donors (Lipinski definition) is 2. The normalized spacial score (nSPS) is 15.2. The Labute approximate surface area is 173 Å². The van der Waals surface area contributed by atoms with Crippen LogP contribution < -0.4 is 15.2 Å². The van der Waals surface area contributed by atoms with Crippen LogP contribution >= 0.6 is 11.6 Å². The number of halogens is 1. The van der Waals surface area contributed by atoms with Gasteiger partial charge in [-0.3, -0.25) is 0 Å². The van der Waals surface area contributed by atoms with Crippen molar-refractivity contribution in [1.29, 1.82) is 5.26 Å². The van der Waals surface area contributed by atoms with E-state index in [0.29, 0.717) is 28.7 Å². The number of allylic oxidation sites excluding steroid dienone is 1. The summed E-state index contributed by atoms with van der Waals surface area (Å²) in [7, 11) is 0. The summed E-state index contributed by atoms with van der Waals surface area (Å²) < 4.78 is 11.6. The van der Waals surface area contributed by atoms with Crippen LogP contribution in [-0.2, 0) is 6.61 Å². The number of hydrogen-bond acceptors (Lipinski definition) is 5. The zero-order chi connectivity index (χ0) is 20.4. The lowest BCUT2D eigenvalue weighted by molar-refractivity contribution is 0.301. The Bertz CT molecular complexity index is 1130. The summed E-state index contributed by atoms with van der Waals surface area (Å²) >= 11 is 5.94. The molecule has 0 bridgehead atoms. The molecule has 1 aliphatic heterocycles. The molecule has 1 heterocycles. The number of phenolic OH excluding ortho intramolecular Hbond substituents is 1. The van der Waals surface area contributed by atoms with Crippen LogP contribution in [0.5, 0.6) is 17.2 Å². The minimum absolute atomic E-state index is 0.0168. The summed E-state index contributed by atoms with van der Waals surface area (Å²) in [6.45, 7) is 0.348. The van der Waals surface area contributed by atoms with Crippen LogP contribution in [0.1, 0.15) is 22.6 Å². The molecule has 0 saturated heterocycles. The van der Waals surface area contributed by atoms with Gasteiger partial charge in [0, 0.05) is 22.2 Å². The molecule has 5 nitrogen and oxygen atoms in total. The van der Waals surface area contributed by atoms with Crippen LogP contribution in [0, 0.1) is 11.3 Å². The zero-order valence-electron chi connectivity index (χ0n) is 15.3. The van der Waals surface area contributed by atoms with E-state index in [0.717, 1.165) is 16.7 Å². The lowest BCUT2D eigenvalue weighted by Gasteiger charge is -2.27. The van der Waals surface area contributed by atoms with Gasteiger partial charge in [-0.15, -0.1) is 0 Å². The summed E-state index contributed by atoms with van der Waals surface area (Å²) in [5, 5.41) is 20.2. The second-order valence-corrected chi connectivity index (χ2v) is 7.04. The molecule has 3 N–H and O–H groups in total. The third kappa shape index (κ3) is 3.71. The van der Waals surface area contributed by atoms with E-state index >= 15 is 0 Å². The van der Waals surface area contributed by atoms with Crippen molar-refractivity contribution in [3.63, 3.8) is 0 Å². The predicted octanol–water partition coefficient (Wildman–Crippen LogP) is 4.84. The van der Waals surface area contributed by atoms with Gasteiger partial charge in [-0.2, -0.15) is 5.26 Å². The molecule has 4 rings (SSSR count). The lowest BCUT2D eigenvalue weighted by atomic mass is 9.83. The third-order valence-corrected chi connectivity index (χ3v) is 4.99. The van der Waals surface area contributed by atoms with Crippen LogP contribution in [0.15, 0.2) is 78.2 Å². The number of ether oxygens (including phenoxy) is 2. The Morgan fingerprint density at radius 2 is 1.83 bits per heavy atom. The highest BCUT2D eigenvalue weighted by atomic mass is 35.5. The van der Waals surface area contributed by atoms with Crippen molar-refractivity contribution in [3.05, 3.63) is 99.9 Å². The molecule has 1 aliphatic rings. The highest BCUT2D eigenvalue weighted by molar-refractivity contribution is 6.30. The maximum absolute atomic E-state index is 9.80. The van der Waals surface area contributed by atoms with Crippen LogP contribution in [-0.4, -0.2) is 5.11 Å². The topological polar surface area (TPSA) is 88.5 Å². The molecule has 29 heavy (non-hydrogen) atoms. The minimum Gasteiger partial charge on any atom is -0.508 e. The number of phenols is 1. The van der Waals surface area contributed by atoms with Crippen molar-refractivity contribution in [2.24, 2.45) is 5.73 Å². The summed E-state index contributed by atoms with van der Waals surface area (Å²) in [4.78, 5) is 0. The Balaban J connectivity index is 1.74. The van der Waals surface area contributed by atoms with Crippen molar-refractivity contribution < 1.29 is 14.6 Å². The molecule has 0 radical (unpaired) electrons. The molecule has 0 aliphatic carbocycles. The largest absolute Gasteiger partial charge is 0.508 e. The molecule has 144 valence electrons. The van der Waals surface area contributed by atoms with Crippen LogP contribution in [0.4, 0.5) is 0 Å². The summed E-state index contributed by atoms with van der Waals surface area (Å²) in [5.41, 5.74) is 8.80. The highest BCUT2D eigenvalue weighted by Gasteiger charge is 2.32. The van der Waals surface area contributed by atoms with Gasteiger partial charge in [-0.1, -0.05) is 48.0 Å². The van der Waals surface area contributed by atoms with E-state index in [1.807, 2.05) is 48.5 Å². The Morgan fingerprint density at radius 1 is 1.07 bits per heavy atom. The zero-order valence-corrected chi connectivity index (χ0v) is 16.1. The molecule has 0 spiro atoms. The first-order valence-corrected chi connectivity index (χ1v) is 9.31. The first-order valence-electron chi connectivity index (χ1n) is 8.93. The van der Waals surface area contributed by atoms with E-state index in [2.05, 4.69) is 6.07 Å². The lowest BCUT2D eigenvalue weighted by Crippen LogP contribution is -2.21. The van der Waals surface area contributed by atoms with E-state index in [-0.39, 0.29) is 11.6 Å². The molecule has 0 unspecified atom stereocenters. The smallest absolute Gasteiger partial charge is 0.205 e. The van der Waals surface area contributed by atoms with Crippen molar-refractivity contribution in [1.82, 2.24) is 0 Å². The second-order valence-electron chi connectivity index (χ2n) is 6.60. The Morgan fingerprint density at radius 3 is 2.59 bits per heavy atom. The first-order chi connectivity index (χ1) is 14.1. The fraction of sp³-hybridized carbons (Fsp3) is 0.0870. The van der Waals surface area contributed by atoms with E-state index in [9.17, 15) is 10.4 Å². The number of nitriles is 1. The molecule has 0 amide bonds. The van der Waals surface area contributed by atoms with Crippen LogP contribution in [0.25, 0.3) is 0 Å². The monoisotopic (exact) mass is 404 g/mol. The SMILES string of the molecule is N#CC1=C(N)Oc2cc(O)ccc2[C@@H]1c1ccccc1OCc1ccc(Cl)cc1. The quantitative estimate of drug-likeness (QED) is 0.649. The highest BCUT2D eigenvalue weighted by Crippen LogP contribution is 2.45. The van der Waals surface area contributed by atoms with E-state index in [4.69, 9.17) is 26.8 Å². The number of nitrogens with zero attached hydrogens (tertiary/aromatic N) is 1. The number of aromatic hydroxyl groups is 1. The maximum Gasteiger partial charge on any atom is 0.205 e. The molecule has 0 saturated carbocycles. The number of rotatable bonds is 4. The van der Waals surface area contributed by atoms with Gasteiger partial charge in [0.05, 0.1) is 5.92 Å². The van der Waals surface area contributed by atoms with Gasteiger partial charge in [-0.25, -0.2) is 0 Å². The maximum atomic E-state index is 9.80. The standard InChI is InChI=1S/C23H17ClN2O3/c24-15-7-5-14(6-8-15)13-28-20-4-2-1-3-17(20)22-18-10-9-16(27)11-21(18)29-23(26)19(22)12-25/h1-11,22,27H,13,26H2/t22-/m0/s1. The molecular weight excluding hydrogens is 388 g/mol. The average molecular weight is 405 g/mol. The molecular formula is C23H17ClN2O3. The van der Waals surface area contributed by atoms with Gasteiger partial charge >= 0.3 is 0 Å². The molecule has 3 aromatic rings. The van der Waals surface area contributed by atoms with Crippen LogP contribution in [0.3, 0.4) is 0 Å². The molecule has 0 fully saturated rings. The summed E-state index contributed by atoms with van der Waals surface area (Å²) in [6.07, 6.45) is 0. The molecule has 1 atom stereocenters. The number of nitrogens with two attached hydrogens (primary N) is 1. The first kappa shape index (κ1) is 18.7. The van der Waals surface area contributed by atoms with Gasteiger partial charge in [0.2, 0.25) is 5.88 Å². The Hall–Kier alpha value is -3.62. The Kier molecular flexibility index (Phi) is 5.03. The number of benzene rings is 3. The van der Waals surface area contributed by atoms with E-state index in [1.165, 1.54) is 6.07 Å². The minimum atomic E-state index is -0.467.